The Hall–Kier alpha value is -0.110. The third-order valence-electron chi connectivity index (χ3n) is 0.898. The molecule has 0 radical (unpaired) electrons. The van der Waals surface area contributed by atoms with Crippen LogP contribution >= 0.6 is 0 Å². The molecule has 0 saturated heterocycles. The minimum Gasteiger partial charge on any atom is -0.393 e. The number of alkyl halides is 1. The van der Waals surface area contributed by atoms with Crippen LogP contribution in [-0.2, 0) is 0 Å². The summed E-state index contributed by atoms with van der Waals surface area (Å²) in [4.78, 5) is 0. The van der Waals surface area contributed by atoms with Gasteiger partial charge in [0, 0.05) is 0 Å². The van der Waals surface area contributed by atoms with Gasteiger partial charge in [-0.3, -0.25) is 0 Å². The normalized spacial score (nSPS) is 15.0. The van der Waals surface area contributed by atoms with E-state index in [1.807, 2.05) is 0 Å². The molecule has 1 atom stereocenters. The molecule has 0 bridgehead atoms. The van der Waals surface area contributed by atoms with E-state index < -0.39 is 6.17 Å². The molecule has 0 aliphatic heterocycles. The molecule has 2 heteroatoms. The van der Waals surface area contributed by atoms with Crippen molar-refractivity contribution in [3.63, 3.8) is 0 Å². The number of rotatable bonds is 2. The molecule has 0 fully saturated rings. The van der Waals surface area contributed by atoms with Gasteiger partial charge in [0.15, 0.2) is 0 Å². The van der Waals surface area contributed by atoms with Gasteiger partial charge in [-0.1, -0.05) is 13.8 Å². The van der Waals surface area contributed by atoms with Crippen molar-refractivity contribution in [3.8, 4) is 0 Å². The maximum atomic E-state index is 12.0. The zero-order chi connectivity index (χ0) is 5.86. The fourth-order valence-electron chi connectivity index (χ4n) is 0.211. The Morgan fingerprint density at radius 3 is 2.00 bits per heavy atom. The minimum atomic E-state index is -1.04. The van der Waals surface area contributed by atoms with E-state index in [1.54, 1.807) is 13.8 Å². The third-order valence-corrected chi connectivity index (χ3v) is 0.898. The molecular formula is C5H11FO. The van der Waals surface area contributed by atoms with Crippen LogP contribution in [0.25, 0.3) is 0 Å². The van der Waals surface area contributed by atoms with E-state index in [9.17, 15) is 4.39 Å². The smallest absolute Gasteiger partial charge is 0.125 e. The molecule has 0 aromatic rings. The first-order valence-electron chi connectivity index (χ1n) is 2.43. The highest BCUT2D eigenvalue weighted by Gasteiger charge is 2.07. The largest absolute Gasteiger partial charge is 0.393 e. The van der Waals surface area contributed by atoms with Gasteiger partial charge in [0.1, 0.15) is 6.17 Å². The van der Waals surface area contributed by atoms with Crippen molar-refractivity contribution in [2.75, 3.05) is 6.61 Å². The predicted molar refractivity (Wildman–Crippen MR) is 26.8 cm³/mol. The molecule has 0 amide bonds. The second-order valence-electron chi connectivity index (χ2n) is 1.94. The number of hydrogen-bond acceptors (Lipinski definition) is 1. The minimum absolute atomic E-state index is 0.0509. The molecule has 0 rings (SSSR count). The van der Waals surface area contributed by atoms with E-state index in [-0.39, 0.29) is 12.5 Å². The van der Waals surface area contributed by atoms with Gasteiger partial charge >= 0.3 is 0 Å². The Morgan fingerprint density at radius 2 is 2.00 bits per heavy atom. The standard InChI is InChI=1S/C5H11FO/c1-4(2)5(6)3-7/h4-5,7H,3H2,1-2H3/t5-/m1/s1. The van der Waals surface area contributed by atoms with Gasteiger partial charge in [-0.25, -0.2) is 4.39 Å². The Balaban J connectivity index is 3.14. The average molecular weight is 106 g/mol. The molecule has 1 N–H and O–H groups in total. The Kier molecular flexibility index (Phi) is 2.92. The Bertz CT molecular complexity index is 45.3. The molecule has 44 valence electrons. The summed E-state index contributed by atoms with van der Waals surface area (Å²) in [5.74, 6) is -0.0509. The van der Waals surface area contributed by atoms with Crippen LogP contribution in [-0.4, -0.2) is 17.9 Å². The van der Waals surface area contributed by atoms with Crippen LogP contribution in [0.1, 0.15) is 13.8 Å². The number of aliphatic hydroxyl groups is 1. The van der Waals surface area contributed by atoms with Crippen LogP contribution in [0.5, 0.6) is 0 Å². The summed E-state index contributed by atoms with van der Waals surface area (Å²) in [5, 5.41) is 8.13. The number of halogens is 1. The van der Waals surface area contributed by atoms with Crippen molar-refractivity contribution < 1.29 is 9.50 Å². The first kappa shape index (κ1) is 6.89. The van der Waals surface area contributed by atoms with E-state index >= 15 is 0 Å². The van der Waals surface area contributed by atoms with Crippen LogP contribution < -0.4 is 0 Å². The lowest BCUT2D eigenvalue weighted by molar-refractivity contribution is 0.140. The van der Waals surface area contributed by atoms with Gasteiger partial charge in [-0.05, 0) is 5.92 Å². The zero-order valence-electron chi connectivity index (χ0n) is 4.69. The van der Waals surface area contributed by atoms with Gasteiger partial charge in [-0.15, -0.1) is 0 Å². The summed E-state index contributed by atoms with van der Waals surface area (Å²) in [6.45, 7) is 3.12. The lowest BCUT2D eigenvalue weighted by Crippen LogP contribution is -2.13. The molecule has 0 aromatic carbocycles. The van der Waals surface area contributed by atoms with Gasteiger partial charge in [0.05, 0.1) is 6.61 Å². The van der Waals surface area contributed by atoms with E-state index in [0.29, 0.717) is 0 Å². The lowest BCUT2D eigenvalue weighted by atomic mass is 10.1. The molecule has 0 aliphatic rings. The highest BCUT2D eigenvalue weighted by atomic mass is 19.1. The van der Waals surface area contributed by atoms with E-state index in [4.69, 9.17) is 5.11 Å². The summed E-state index contributed by atoms with van der Waals surface area (Å²) in [7, 11) is 0. The molecule has 0 heterocycles. The molecule has 0 aromatic heterocycles. The number of aliphatic hydroxyl groups excluding tert-OH is 1. The van der Waals surface area contributed by atoms with Gasteiger partial charge in [0.25, 0.3) is 0 Å². The van der Waals surface area contributed by atoms with Crippen LogP contribution in [0.4, 0.5) is 4.39 Å². The summed E-state index contributed by atoms with van der Waals surface area (Å²) in [6.07, 6.45) is -1.04. The fraction of sp³-hybridized carbons (Fsp3) is 1.00. The molecule has 0 unspecified atom stereocenters. The van der Waals surface area contributed by atoms with Gasteiger partial charge in [0.2, 0.25) is 0 Å². The van der Waals surface area contributed by atoms with Gasteiger partial charge in [-0.2, -0.15) is 0 Å². The predicted octanol–water partition coefficient (Wildman–Crippen LogP) is 0.973. The molecular weight excluding hydrogens is 95.1 g/mol. The van der Waals surface area contributed by atoms with Crippen molar-refractivity contribution in [1.82, 2.24) is 0 Å². The topological polar surface area (TPSA) is 20.2 Å². The van der Waals surface area contributed by atoms with Crippen LogP contribution in [0.3, 0.4) is 0 Å². The molecule has 7 heavy (non-hydrogen) atoms. The van der Waals surface area contributed by atoms with Crippen molar-refractivity contribution >= 4 is 0 Å². The van der Waals surface area contributed by atoms with Crippen LogP contribution in [0.15, 0.2) is 0 Å². The molecule has 0 saturated carbocycles. The van der Waals surface area contributed by atoms with Crippen molar-refractivity contribution in [2.24, 2.45) is 5.92 Å². The van der Waals surface area contributed by atoms with Crippen molar-refractivity contribution in [3.05, 3.63) is 0 Å². The maximum Gasteiger partial charge on any atom is 0.125 e. The number of hydrogen-bond donors (Lipinski definition) is 1. The first-order chi connectivity index (χ1) is 3.18. The summed E-state index contributed by atoms with van der Waals surface area (Å²) < 4.78 is 12.0. The van der Waals surface area contributed by atoms with Crippen LogP contribution in [0, 0.1) is 5.92 Å². The highest BCUT2D eigenvalue weighted by molar-refractivity contribution is 4.55. The third kappa shape index (κ3) is 2.57. The summed E-state index contributed by atoms with van der Waals surface area (Å²) >= 11 is 0. The second-order valence-corrected chi connectivity index (χ2v) is 1.94. The second kappa shape index (κ2) is 2.97. The van der Waals surface area contributed by atoms with Gasteiger partial charge < -0.3 is 5.11 Å². The fourth-order valence-corrected chi connectivity index (χ4v) is 0.211. The van der Waals surface area contributed by atoms with Crippen molar-refractivity contribution in [2.45, 2.75) is 20.0 Å². The molecule has 1 nitrogen and oxygen atoms in total. The van der Waals surface area contributed by atoms with Crippen LogP contribution in [0.2, 0.25) is 0 Å². The maximum absolute atomic E-state index is 12.0. The molecule has 0 aliphatic carbocycles. The SMILES string of the molecule is CC(C)[C@H](F)CO. The first-order valence-corrected chi connectivity index (χ1v) is 2.43. The average Bonchev–Trinajstić information content (AvgIpc) is 1.65. The van der Waals surface area contributed by atoms with E-state index in [2.05, 4.69) is 0 Å². The monoisotopic (exact) mass is 106 g/mol. The molecule has 0 spiro atoms. The summed E-state index contributed by atoms with van der Waals surface area (Å²) in [6, 6.07) is 0. The highest BCUT2D eigenvalue weighted by Crippen LogP contribution is 2.02. The van der Waals surface area contributed by atoms with E-state index in [1.165, 1.54) is 0 Å². The summed E-state index contributed by atoms with van der Waals surface area (Å²) in [5.41, 5.74) is 0. The zero-order valence-corrected chi connectivity index (χ0v) is 4.69. The Labute approximate surface area is 43.2 Å². The van der Waals surface area contributed by atoms with E-state index in [0.717, 1.165) is 0 Å². The Morgan fingerprint density at radius 1 is 1.57 bits per heavy atom. The lowest BCUT2D eigenvalue weighted by Gasteiger charge is -2.05. The quantitative estimate of drug-likeness (QED) is 0.556. The van der Waals surface area contributed by atoms with Crippen molar-refractivity contribution in [1.29, 1.82) is 0 Å².